The molecular weight excluding hydrogens is 310 g/mol. The predicted octanol–water partition coefficient (Wildman–Crippen LogP) is 4.42. The topological polar surface area (TPSA) is 31.2 Å². The first-order chi connectivity index (χ1) is 11.2. The number of alkyl halides is 1. The summed E-state index contributed by atoms with van der Waals surface area (Å²) in [7, 11) is 1.97. The van der Waals surface area contributed by atoms with Gasteiger partial charge in [-0.25, -0.2) is 0 Å². The molecule has 0 radical (unpaired) electrons. The first-order valence-corrected chi connectivity index (χ1v) is 8.12. The van der Waals surface area contributed by atoms with Gasteiger partial charge in [-0.15, -0.1) is 11.6 Å². The number of para-hydroxylation sites is 1. The van der Waals surface area contributed by atoms with Crippen LogP contribution in [0.3, 0.4) is 0 Å². The van der Waals surface area contributed by atoms with E-state index in [0.29, 0.717) is 29.4 Å². The predicted molar refractivity (Wildman–Crippen MR) is 93.6 cm³/mol. The standard InChI is InChI=1S/C19H18ClNO2/c1-21-12-10-14-15(7-4-8-17(14)21)19(22)16-6-2-3-9-18(16)23-13-5-11-20/h2-4,6-10,12H,5,11,13H2,1H3. The maximum atomic E-state index is 13.0. The molecule has 0 aliphatic rings. The lowest BCUT2D eigenvalue weighted by atomic mass is 9.99. The molecule has 4 heteroatoms. The second-order valence-electron chi connectivity index (χ2n) is 5.38. The van der Waals surface area contributed by atoms with E-state index in [2.05, 4.69) is 0 Å². The Kier molecular flexibility index (Phi) is 4.68. The Balaban J connectivity index is 1.99. The molecule has 3 aromatic rings. The van der Waals surface area contributed by atoms with Crippen molar-refractivity contribution in [1.29, 1.82) is 0 Å². The summed E-state index contributed by atoms with van der Waals surface area (Å²) < 4.78 is 7.74. The minimum atomic E-state index is -0.0247. The SMILES string of the molecule is Cn1ccc2c(C(=O)c3ccccc3OCCCCl)cccc21. The van der Waals surface area contributed by atoms with Gasteiger partial charge >= 0.3 is 0 Å². The third-order valence-electron chi connectivity index (χ3n) is 3.84. The number of aryl methyl sites for hydroxylation is 1. The van der Waals surface area contributed by atoms with Gasteiger partial charge in [-0.3, -0.25) is 4.79 Å². The largest absolute Gasteiger partial charge is 0.493 e. The average molecular weight is 328 g/mol. The fourth-order valence-corrected chi connectivity index (χ4v) is 2.77. The van der Waals surface area contributed by atoms with Gasteiger partial charge in [-0.1, -0.05) is 24.3 Å². The second kappa shape index (κ2) is 6.88. The highest BCUT2D eigenvalue weighted by Crippen LogP contribution is 2.26. The van der Waals surface area contributed by atoms with Crippen LogP contribution in [0.1, 0.15) is 22.3 Å². The van der Waals surface area contributed by atoms with E-state index < -0.39 is 0 Å². The van der Waals surface area contributed by atoms with Crippen LogP contribution in [0.15, 0.2) is 54.7 Å². The molecule has 0 amide bonds. The molecule has 0 bridgehead atoms. The van der Waals surface area contributed by atoms with Gasteiger partial charge in [0.1, 0.15) is 5.75 Å². The Morgan fingerprint density at radius 2 is 1.87 bits per heavy atom. The van der Waals surface area contributed by atoms with Crippen LogP contribution in [-0.2, 0) is 7.05 Å². The van der Waals surface area contributed by atoms with Gasteiger partial charge in [0.2, 0.25) is 0 Å². The molecule has 118 valence electrons. The number of aromatic nitrogens is 1. The Labute approximate surface area is 140 Å². The van der Waals surface area contributed by atoms with E-state index in [4.69, 9.17) is 16.3 Å². The smallest absolute Gasteiger partial charge is 0.197 e. The lowest BCUT2D eigenvalue weighted by molar-refractivity contribution is 0.103. The summed E-state index contributed by atoms with van der Waals surface area (Å²) in [5.74, 6) is 1.12. The zero-order valence-electron chi connectivity index (χ0n) is 13.0. The Hall–Kier alpha value is -2.26. The summed E-state index contributed by atoms with van der Waals surface area (Å²) >= 11 is 5.68. The van der Waals surface area contributed by atoms with Crippen LogP contribution < -0.4 is 4.74 Å². The minimum absolute atomic E-state index is 0.0247. The number of fused-ring (bicyclic) bond motifs is 1. The van der Waals surface area contributed by atoms with E-state index in [1.54, 1.807) is 6.07 Å². The van der Waals surface area contributed by atoms with Crippen molar-refractivity contribution in [1.82, 2.24) is 4.57 Å². The van der Waals surface area contributed by atoms with Crippen molar-refractivity contribution in [3.8, 4) is 5.75 Å². The van der Waals surface area contributed by atoms with Crippen molar-refractivity contribution >= 4 is 28.3 Å². The molecular formula is C19H18ClNO2. The molecule has 3 rings (SSSR count). The van der Waals surface area contributed by atoms with Crippen molar-refractivity contribution < 1.29 is 9.53 Å². The summed E-state index contributed by atoms with van der Waals surface area (Å²) in [4.78, 5) is 13.0. The summed E-state index contributed by atoms with van der Waals surface area (Å²) in [5.41, 5.74) is 2.31. The molecule has 3 nitrogen and oxygen atoms in total. The highest BCUT2D eigenvalue weighted by atomic mass is 35.5. The van der Waals surface area contributed by atoms with Gasteiger partial charge in [-0.05, 0) is 30.7 Å². The summed E-state index contributed by atoms with van der Waals surface area (Å²) in [5, 5.41) is 0.954. The number of hydrogen-bond acceptors (Lipinski definition) is 2. The maximum Gasteiger partial charge on any atom is 0.197 e. The zero-order chi connectivity index (χ0) is 16.2. The van der Waals surface area contributed by atoms with E-state index in [9.17, 15) is 4.79 Å². The van der Waals surface area contributed by atoms with Crippen molar-refractivity contribution in [3.05, 3.63) is 65.9 Å². The van der Waals surface area contributed by atoms with Crippen LogP contribution in [0.2, 0.25) is 0 Å². The highest BCUT2D eigenvalue weighted by Gasteiger charge is 2.17. The quantitative estimate of drug-likeness (QED) is 0.381. The van der Waals surface area contributed by atoms with Gasteiger partial charge in [0.15, 0.2) is 5.78 Å². The molecule has 1 aromatic heterocycles. The molecule has 23 heavy (non-hydrogen) atoms. The van der Waals surface area contributed by atoms with E-state index in [0.717, 1.165) is 17.3 Å². The number of benzene rings is 2. The highest BCUT2D eigenvalue weighted by molar-refractivity contribution is 6.18. The molecule has 0 saturated heterocycles. The molecule has 0 saturated carbocycles. The molecule has 0 spiro atoms. The first-order valence-electron chi connectivity index (χ1n) is 7.59. The number of hydrogen-bond donors (Lipinski definition) is 0. The molecule has 1 heterocycles. The Morgan fingerprint density at radius 1 is 1.09 bits per heavy atom. The lowest BCUT2D eigenvalue weighted by Crippen LogP contribution is -2.07. The number of carbonyl (C=O) groups is 1. The monoisotopic (exact) mass is 327 g/mol. The average Bonchev–Trinajstić information content (AvgIpc) is 2.96. The molecule has 2 aromatic carbocycles. The van der Waals surface area contributed by atoms with Crippen molar-refractivity contribution in [2.75, 3.05) is 12.5 Å². The number of ether oxygens (including phenoxy) is 1. The molecule has 0 fully saturated rings. The van der Waals surface area contributed by atoms with Gasteiger partial charge in [0.25, 0.3) is 0 Å². The number of halogens is 1. The molecule has 0 atom stereocenters. The van der Waals surface area contributed by atoms with E-state index >= 15 is 0 Å². The van der Waals surface area contributed by atoms with Crippen molar-refractivity contribution in [2.24, 2.45) is 7.05 Å². The van der Waals surface area contributed by atoms with Gasteiger partial charge in [0.05, 0.1) is 12.2 Å². The minimum Gasteiger partial charge on any atom is -0.493 e. The van der Waals surface area contributed by atoms with Gasteiger partial charge < -0.3 is 9.30 Å². The number of carbonyl (C=O) groups excluding carboxylic acids is 1. The van der Waals surface area contributed by atoms with E-state index in [-0.39, 0.29) is 5.78 Å². The number of rotatable bonds is 6. The molecule has 0 unspecified atom stereocenters. The normalized spacial score (nSPS) is 10.9. The molecule has 0 N–H and O–H groups in total. The molecule has 0 aliphatic heterocycles. The van der Waals surface area contributed by atoms with Crippen LogP contribution in [0.25, 0.3) is 10.9 Å². The zero-order valence-corrected chi connectivity index (χ0v) is 13.7. The number of nitrogens with zero attached hydrogens (tertiary/aromatic N) is 1. The maximum absolute atomic E-state index is 13.0. The Morgan fingerprint density at radius 3 is 2.70 bits per heavy atom. The summed E-state index contributed by atoms with van der Waals surface area (Å²) in [6, 6.07) is 15.1. The Bertz CT molecular complexity index is 838. The third kappa shape index (κ3) is 3.10. The van der Waals surface area contributed by atoms with Crippen LogP contribution in [-0.4, -0.2) is 22.8 Å². The first kappa shape index (κ1) is 15.6. The molecule has 0 aliphatic carbocycles. The van der Waals surface area contributed by atoms with Crippen LogP contribution in [0.5, 0.6) is 5.75 Å². The third-order valence-corrected chi connectivity index (χ3v) is 4.11. The summed E-state index contributed by atoms with van der Waals surface area (Å²) in [6.45, 7) is 0.503. The lowest BCUT2D eigenvalue weighted by Gasteiger charge is -2.11. The van der Waals surface area contributed by atoms with Crippen LogP contribution in [0.4, 0.5) is 0 Å². The van der Waals surface area contributed by atoms with Gasteiger partial charge in [-0.2, -0.15) is 0 Å². The number of ketones is 1. The van der Waals surface area contributed by atoms with Crippen LogP contribution >= 0.6 is 11.6 Å². The van der Waals surface area contributed by atoms with Crippen molar-refractivity contribution in [2.45, 2.75) is 6.42 Å². The second-order valence-corrected chi connectivity index (χ2v) is 5.76. The van der Waals surface area contributed by atoms with E-state index in [1.807, 2.05) is 60.3 Å². The fourth-order valence-electron chi connectivity index (χ4n) is 2.66. The van der Waals surface area contributed by atoms with Gasteiger partial charge in [0, 0.05) is 35.6 Å². The summed E-state index contributed by atoms with van der Waals surface area (Å²) in [6.07, 6.45) is 2.71. The fraction of sp³-hybridized carbons (Fsp3) is 0.211. The van der Waals surface area contributed by atoms with Crippen molar-refractivity contribution in [3.63, 3.8) is 0 Å². The van der Waals surface area contributed by atoms with E-state index in [1.165, 1.54) is 0 Å². The van der Waals surface area contributed by atoms with Crippen LogP contribution in [0, 0.1) is 0 Å².